The smallest absolute Gasteiger partial charge is 0.221 e. The maximum atomic E-state index is 12.2. The Balaban J connectivity index is 1.48. The second-order valence-corrected chi connectivity index (χ2v) is 9.52. The molecule has 4 nitrogen and oxygen atoms in total. The number of fused-ring (bicyclic) bond motifs is 1. The quantitative estimate of drug-likeness (QED) is 0.859. The zero-order valence-electron chi connectivity index (χ0n) is 14.2. The molecule has 2 aliphatic carbocycles. The van der Waals surface area contributed by atoms with E-state index in [0.29, 0.717) is 12.5 Å². The molecule has 0 unspecified atom stereocenters. The average molecular weight is 349 g/mol. The van der Waals surface area contributed by atoms with Gasteiger partial charge in [-0.05, 0) is 43.2 Å². The van der Waals surface area contributed by atoms with E-state index in [9.17, 15) is 13.2 Å². The van der Waals surface area contributed by atoms with Crippen LogP contribution in [-0.2, 0) is 21.1 Å². The third kappa shape index (κ3) is 4.18. The Morgan fingerprint density at radius 2 is 1.83 bits per heavy atom. The van der Waals surface area contributed by atoms with Gasteiger partial charge in [0.15, 0.2) is 9.84 Å². The van der Waals surface area contributed by atoms with E-state index in [1.54, 1.807) is 0 Å². The summed E-state index contributed by atoms with van der Waals surface area (Å²) in [5.41, 5.74) is 2.72. The monoisotopic (exact) mass is 349 g/mol. The van der Waals surface area contributed by atoms with E-state index < -0.39 is 9.84 Å². The van der Waals surface area contributed by atoms with Crippen LogP contribution in [0.25, 0.3) is 0 Å². The van der Waals surface area contributed by atoms with E-state index in [-0.39, 0.29) is 23.3 Å². The Morgan fingerprint density at radius 3 is 2.62 bits per heavy atom. The molecule has 24 heavy (non-hydrogen) atoms. The highest BCUT2D eigenvalue weighted by Gasteiger charge is 2.29. The van der Waals surface area contributed by atoms with Gasteiger partial charge in [-0.25, -0.2) is 8.42 Å². The van der Waals surface area contributed by atoms with E-state index in [4.69, 9.17) is 0 Å². The molecule has 2 aliphatic rings. The van der Waals surface area contributed by atoms with Crippen molar-refractivity contribution < 1.29 is 13.2 Å². The first-order valence-electron chi connectivity index (χ1n) is 9.12. The number of hydrogen-bond donors (Lipinski definition) is 1. The summed E-state index contributed by atoms with van der Waals surface area (Å²) in [7, 11) is -3.11. The topological polar surface area (TPSA) is 63.2 Å². The van der Waals surface area contributed by atoms with Crippen LogP contribution in [0.2, 0.25) is 0 Å². The molecule has 1 amide bonds. The van der Waals surface area contributed by atoms with Crippen LogP contribution < -0.4 is 5.32 Å². The highest BCUT2D eigenvalue weighted by atomic mass is 32.2. The maximum absolute atomic E-state index is 12.2. The van der Waals surface area contributed by atoms with Crippen molar-refractivity contribution in [3.63, 3.8) is 0 Å². The van der Waals surface area contributed by atoms with E-state index in [1.807, 2.05) is 6.07 Å². The molecule has 1 aromatic rings. The summed E-state index contributed by atoms with van der Waals surface area (Å²) in [6, 6.07) is 8.42. The zero-order valence-corrected chi connectivity index (χ0v) is 15.0. The highest BCUT2D eigenvalue weighted by Crippen LogP contribution is 2.31. The van der Waals surface area contributed by atoms with Crippen molar-refractivity contribution in [1.29, 1.82) is 0 Å². The Bertz CT molecular complexity index is 678. The number of rotatable bonds is 6. The molecule has 5 heteroatoms. The molecule has 0 heterocycles. The molecule has 1 N–H and O–H groups in total. The zero-order chi connectivity index (χ0) is 17.0. The van der Waals surface area contributed by atoms with Gasteiger partial charge in [-0.15, -0.1) is 0 Å². The van der Waals surface area contributed by atoms with Gasteiger partial charge in [0.2, 0.25) is 5.91 Å². The summed E-state index contributed by atoms with van der Waals surface area (Å²) in [6.45, 7) is 0.610. The number of amides is 1. The molecule has 1 saturated carbocycles. The Morgan fingerprint density at radius 1 is 1.08 bits per heavy atom. The Hall–Kier alpha value is -1.36. The number of nitrogens with one attached hydrogen (secondary N) is 1. The van der Waals surface area contributed by atoms with Crippen molar-refractivity contribution >= 4 is 15.7 Å². The lowest BCUT2D eigenvalue weighted by atomic mass is 9.83. The first-order valence-corrected chi connectivity index (χ1v) is 10.8. The van der Waals surface area contributed by atoms with Crippen molar-refractivity contribution in [2.45, 2.75) is 62.5 Å². The fourth-order valence-corrected chi connectivity index (χ4v) is 5.90. The standard InChI is InChI=1S/C19H27NO3S/c21-19(12-13-24(22,23)17-9-2-3-10-17)20-14-16-8-5-7-15-6-1-4-11-18(15)16/h1,4,6,11,16-17H,2-3,5,7-10,12-14H2,(H,20,21)/t16-/m1/s1. The van der Waals surface area contributed by atoms with Crippen molar-refractivity contribution in [2.24, 2.45) is 0 Å². The molecular formula is C19H27NO3S. The average Bonchev–Trinajstić information content (AvgIpc) is 3.14. The first kappa shape index (κ1) is 17.5. The third-order valence-corrected chi connectivity index (χ3v) is 7.72. The molecule has 0 saturated heterocycles. The van der Waals surface area contributed by atoms with Crippen LogP contribution in [-0.4, -0.2) is 31.9 Å². The van der Waals surface area contributed by atoms with E-state index in [2.05, 4.69) is 23.5 Å². The lowest BCUT2D eigenvalue weighted by molar-refractivity contribution is -0.120. The lowest BCUT2D eigenvalue weighted by Gasteiger charge is -2.25. The largest absolute Gasteiger partial charge is 0.355 e. The Labute approximate surface area is 145 Å². The number of hydrogen-bond acceptors (Lipinski definition) is 3. The van der Waals surface area contributed by atoms with Crippen LogP contribution in [0, 0.1) is 0 Å². The van der Waals surface area contributed by atoms with Crippen molar-refractivity contribution in [3.05, 3.63) is 35.4 Å². The molecule has 1 aromatic carbocycles. The molecule has 1 fully saturated rings. The van der Waals surface area contributed by atoms with Gasteiger partial charge in [0.25, 0.3) is 0 Å². The first-order chi connectivity index (χ1) is 11.6. The minimum Gasteiger partial charge on any atom is -0.355 e. The fraction of sp³-hybridized carbons (Fsp3) is 0.632. The fourth-order valence-electron chi connectivity index (χ4n) is 4.04. The molecule has 0 radical (unpaired) electrons. The lowest BCUT2D eigenvalue weighted by Crippen LogP contribution is -2.32. The predicted octanol–water partition coefficient (Wildman–Crippen LogP) is 2.97. The number of sulfone groups is 1. The van der Waals surface area contributed by atoms with Crippen LogP contribution in [0.3, 0.4) is 0 Å². The predicted molar refractivity (Wildman–Crippen MR) is 95.8 cm³/mol. The summed E-state index contributed by atoms with van der Waals surface area (Å²) in [4.78, 5) is 12.1. The van der Waals surface area contributed by atoms with Gasteiger partial charge >= 0.3 is 0 Å². The molecule has 0 aromatic heterocycles. The number of aryl methyl sites for hydroxylation is 1. The number of carbonyl (C=O) groups excluding carboxylic acids is 1. The molecule has 0 bridgehead atoms. The summed E-state index contributed by atoms with van der Waals surface area (Å²) < 4.78 is 24.5. The van der Waals surface area contributed by atoms with E-state index in [1.165, 1.54) is 11.1 Å². The SMILES string of the molecule is O=C(CCS(=O)(=O)C1CCCC1)NC[C@H]1CCCc2ccccc21. The van der Waals surface area contributed by atoms with Crippen molar-refractivity contribution in [1.82, 2.24) is 5.32 Å². The summed E-state index contributed by atoms with van der Waals surface area (Å²) >= 11 is 0. The van der Waals surface area contributed by atoms with Crippen LogP contribution >= 0.6 is 0 Å². The van der Waals surface area contributed by atoms with Gasteiger partial charge in [-0.1, -0.05) is 37.1 Å². The summed E-state index contributed by atoms with van der Waals surface area (Å²) in [6.07, 6.45) is 6.96. The minimum atomic E-state index is -3.11. The van der Waals surface area contributed by atoms with Crippen LogP contribution in [0.5, 0.6) is 0 Å². The van der Waals surface area contributed by atoms with Crippen molar-refractivity contribution in [2.75, 3.05) is 12.3 Å². The molecular weight excluding hydrogens is 322 g/mol. The number of carbonyl (C=O) groups is 1. The van der Waals surface area contributed by atoms with Crippen LogP contribution in [0.15, 0.2) is 24.3 Å². The van der Waals surface area contributed by atoms with E-state index in [0.717, 1.165) is 44.9 Å². The third-order valence-electron chi connectivity index (χ3n) is 5.46. The van der Waals surface area contributed by atoms with Gasteiger partial charge in [0.05, 0.1) is 11.0 Å². The van der Waals surface area contributed by atoms with Gasteiger partial charge in [0.1, 0.15) is 0 Å². The number of benzene rings is 1. The second kappa shape index (κ2) is 7.68. The van der Waals surface area contributed by atoms with Gasteiger partial charge in [0, 0.05) is 18.9 Å². The molecule has 3 rings (SSSR count). The van der Waals surface area contributed by atoms with Gasteiger partial charge in [-0.2, -0.15) is 0 Å². The van der Waals surface area contributed by atoms with Gasteiger partial charge in [-0.3, -0.25) is 4.79 Å². The summed E-state index contributed by atoms with van der Waals surface area (Å²) in [5.74, 6) is 0.204. The molecule has 0 spiro atoms. The summed E-state index contributed by atoms with van der Waals surface area (Å²) in [5, 5.41) is 2.74. The molecule has 0 aliphatic heterocycles. The van der Waals surface area contributed by atoms with Crippen molar-refractivity contribution in [3.8, 4) is 0 Å². The maximum Gasteiger partial charge on any atom is 0.221 e. The molecule has 1 atom stereocenters. The Kier molecular flexibility index (Phi) is 5.59. The van der Waals surface area contributed by atoms with Gasteiger partial charge < -0.3 is 5.32 Å². The van der Waals surface area contributed by atoms with E-state index >= 15 is 0 Å². The minimum absolute atomic E-state index is 0.00917. The van der Waals surface area contributed by atoms with Crippen LogP contribution in [0.1, 0.15) is 62.0 Å². The molecule has 132 valence electrons. The second-order valence-electron chi connectivity index (χ2n) is 7.12. The van der Waals surface area contributed by atoms with Crippen LogP contribution in [0.4, 0.5) is 0 Å². The normalized spacial score (nSPS) is 21.4. The highest BCUT2D eigenvalue weighted by molar-refractivity contribution is 7.92.